The van der Waals surface area contributed by atoms with Crippen LogP contribution in [-0.4, -0.2) is 0 Å². The highest BCUT2D eigenvalue weighted by Gasteiger charge is 2.30. The molecule has 24 aromatic carbocycles. The third-order valence-corrected chi connectivity index (χ3v) is 27.4. The van der Waals surface area contributed by atoms with Gasteiger partial charge in [-0.1, -0.05) is 265 Å². The van der Waals surface area contributed by atoms with Gasteiger partial charge >= 0.3 is 0 Å². The molecule has 0 atom stereocenters. The van der Waals surface area contributed by atoms with Crippen molar-refractivity contribution in [1.82, 2.24) is 0 Å². The fraction of sp³-hybridized carbons (Fsp3) is 0.0303. The number of hydrogen-bond donors (Lipinski definition) is 0. The van der Waals surface area contributed by atoms with E-state index in [-0.39, 0.29) is 34.6 Å². The van der Waals surface area contributed by atoms with Gasteiger partial charge in [0.2, 0.25) is 0 Å². The minimum Gasteiger partial charge on any atom is -0.310 e. The van der Waals surface area contributed by atoms with Crippen LogP contribution in [0.1, 0.15) is 22.3 Å². The Morgan fingerprint density at radius 2 is 0.349 bits per heavy atom. The smallest absolute Gasteiger partial charge is 0.147 e. The monoisotopic (exact) mass is 1920 g/mol. The van der Waals surface area contributed by atoms with Crippen molar-refractivity contribution in [3.8, 4) is 89.0 Å². The maximum atomic E-state index is 16.6. The van der Waals surface area contributed by atoms with Crippen LogP contribution in [0, 0.1) is 85.9 Å². The zero-order chi connectivity index (χ0) is 99.8. The minimum absolute atomic E-state index is 0.276. The summed E-state index contributed by atoms with van der Waals surface area (Å²) in [5.74, 6) is -5.29. The summed E-state index contributed by atoms with van der Waals surface area (Å²) in [6.45, 7) is 8.25. The van der Waals surface area contributed by atoms with Crippen molar-refractivity contribution in [2.75, 3.05) is 19.6 Å². The topological polar surface area (TPSA) is 13.0 Å². The molecular formula is C132H86F10N4. The molecule has 0 unspecified atom stereocenters. The Labute approximate surface area is 837 Å². The first kappa shape index (κ1) is 91.6. The molecule has 14 heteroatoms. The Balaban J connectivity index is 0.000000161. The van der Waals surface area contributed by atoms with Gasteiger partial charge in [-0.3, -0.25) is 0 Å². The highest BCUT2D eigenvalue weighted by atomic mass is 19.2. The second-order valence-electron chi connectivity index (χ2n) is 37.3. The van der Waals surface area contributed by atoms with Gasteiger partial charge < -0.3 is 19.6 Å². The summed E-state index contributed by atoms with van der Waals surface area (Å²) in [7, 11) is 0. The largest absolute Gasteiger partial charge is 0.310 e. The molecule has 0 saturated carbocycles. The van der Waals surface area contributed by atoms with E-state index in [0.29, 0.717) is 56.9 Å². The van der Waals surface area contributed by atoms with Crippen LogP contribution in [-0.2, 0) is 0 Å². The fourth-order valence-electron chi connectivity index (χ4n) is 20.8. The number of aryl methyl sites for hydroxylation is 4. The number of rotatable bonds is 20. The van der Waals surface area contributed by atoms with E-state index in [9.17, 15) is 17.6 Å². The van der Waals surface area contributed by atoms with E-state index >= 15 is 26.3 Å². The van der Waals surface area contributed by atoms with Gasteiger partial charge in [0.1, 0.15) is 58.2 Å². The number of halogens is 10. The number of benzene rings is 24. The van der Waals surface area contributed by atoms with Crippen LogP contribution in [0.4, 0.5) is 112 Å². The van der Waals surface area contributed by atoms with Crippen molar-refractivity contribution in [2.45, 2.75) is 27.7 Å². The maximum Gasteiger partial charge on any atom is 0.147 e. The third kappa shape index (κ3) is 17.8. The number of para-hydroxylation sites is 2. The predicted octanol–water partition coefficient (Wildman–Crippen LogP) is 39.0. The molecule has 0 amide bonds. The molecule has 4 nitrogen and oxygen atoms in total. The maximum absolute atomic E-state index is 16.6. The quantitative estimate of drug-likeness (QED) is 0.0557. The molecule has 0 heterocycles. The molecule has 0 radical (unpaired) electrons. The summed E-state index contributed by atoms with van der Waals surface area (Å²) in [5, 5.41) is 10.6. The van der Waals surface area contributed by atoms with Gasteiger partial charge in [0, 0.05) is 56.4 Å². The first-order valence-corrected chi connectivity index (χ1v) is 48.0. The Bertz CT molecular complexity index is 8380. The van der Waals surface area contributed by atoms with E-state index < -0.39 is 34.9 Å². The van der Waals surface area contributed by atoms with Crippen molar-refractivity contribution in [1.29, 1.82) is 0 Å². The first-order valence-electron chi connectivity index (χ1n) is 48.0. The van der Waals surface area contributed by atoms with Crippen LogP contribution in [0.15, 0.2) is 449 Å². The minimum atomic E-state index is -0.702. The van der Waals surface area contributed by atoms with Gasteiger partial charge in [-0.25, -0.2) is 43.9 Å². The van der Waals surface area contributed by atoms with Gasteiger partial charge in [0.25, 0.3) is 0 Å². The van der Waals surface area contributed by atoms with Crippen molar-refractivity contribution in [3.63, 3.8) is 0 Å². The van der Waals surface area contributed by atoms with Crippen molar-refractivity contribution in [2.24, 2.45) is 0 Å². The van der Waals surface area contributed by atoms with Gasteiger partial charge in [-0.05, 0) is 354 Å². The molecule has 0 aromatic heterocycles. The van der Waals surface area contributed by atoms with E-state index in [1.165, 1.54) is 84.9 Å². The lowest BCUT2D eigenvalue weighted by atomic mass is 9.91. The Kier molecular flexibility index (Phi) is 23.9. The molecule has 0 bridgehead atoms. The van der Waals surface area contributed by atoms with Crippen LogP contribution in [0.5, 0.6) is 0 Å². The van der Waals surface area contributed by atoms with Crippen molar-refractivity contribution >= 4 is 133 Å². The Hall–Kier alpha value is -18.1. The zero-order valence-corrected chi connectivity index (χ0v) is 79.3. The molecule has 24 aromatic rings. The number of nitrogens with zero attached hydrogens (tertiary/aromatic N) is 4. The first-order chi connectivity index (χ1) is 71.0. The van der Waals surface area contributed by atoms with E-state index in [1.54, 1.807) is 84.9 Å². The van der Waals surface area contributed by atoms with Crippen LogP contribution >= 0.6 is 0 Å². The molecule has 0 aliphatic carbocycles. The normalized spacial score (nSPS) is 11.5. The molecule has 146 heavy (non-hydrogen) atoms. The lowest BCUT2D eigenvalue weighted by Gasteiger charge is -2.30. The number of hydrogen-bond acceptors (Lipinski definition) is 4. The van der Waals surface area contributed by atoms with Gasteiger partial charge in [0.05, 0.1) is 45.5 Å². The van der Waals surface area contributed by atoms with Gasteiger partial charge in [-0.2, -0.15) is 0 Å². The molecular weight excluding hydrogens is 1830 g/mol. The lowest BCUT2D eigenvalue weighted by molar-refractivity contribution is 0.583. The summed E-state index contributed by atoms with van der Waals surface area (Å²) in [6, 6.07) is 135. The summed E-state index contributed by atoms with van der Waals surface area (Å²) < 4.78 is 153. The van der Waals surface area contributed by atoms with E-state index in [4.69, 9.17) is 0 Å². The molecule has 704 valence electrons. The second kappa shape index (κ2) is 38.0. The standard InChI is InChI=1S/C68H48F4N2.C64H38F6N2/c1-41-9-5-13-47(25-41)51-29-52(48-14-6-10-42(2)26-48)32-59(31-51)73(61-37-55(69)35-56(70)38-61)65-23-19-45-18-22-64-66(24-20-46-17-21-63(65)67(45)68(46)64)74(62-39-57(71)36-58(72)40-62)60-33-53(49-15-7-11-43(3)27-49)30-54(34-60)50-16-8-12-44(4)28-50;65-49-21-9-39(10-22-49)45-33-46(40-11-23-50(66)24-12-40)36-53(35-45)71(61-7-3-1-5-57(61)69)59-31-19-43-18-30-56-60(32-20-44-17-29-55(59)63(43)64(44)56)72(62-8-4-2-6-58(62)70)54-37-47(41-13-25-51(67)26-14-41)34-48(38-54)42-15-27-52(68)28-16-42/h5-40H,1-4H3;1-38H. The summed E-state index contributed by atoms with van der Waals surface area (Å²) in [5.41, 5.74) is 24.6. The molecule has 0 aliphatic heterocycles. The summed E-state index contributed by atoms with van der Waals surface area (Å²) in [4.78, 5) is 7.66. The molecule has 0 spiro atoms. The fourth-order valence-corrected chi connectivity index (χ4v) is 20.8. The lowest BCUT2D eigenvalue weighted by Crippen LogP contribution is -2.13. The molecule has 24 rings (SSSR count). The average Bonchev–Trinajstić information content (AvgIpc) is 0.731. The molecule has 0 aliphatic rings. The third-order valence-electron chi connectivity index (χ3n) is 27.4. The van der Waals surface area contributed by atoms with Crippen LogP contribution in [0.3, 0.4) is 0 Å². The highest BCUT2D eigenvalue weighted by Crippen LogP contribution is 2.54. The SMILES string of the molecule is Cc1cccc(-c2cc(-c3cccc(C)c3)cc(N(c3cc(F)cc(F)c3)c3ccc4ccc5c(N(c6cc(F)cc(F)c6)c6cc(-c7cccc(C)c7)cc(-c7cccc(C)c7)c6)ccc6ccc3c4c65)c2)c1.Fc1ccc(-c2cc(-c3ccc(F)cc3)cc(N(c3ccccc3F)c3ccc4ccc5c(N(c6cc(-c7ccc(F)cc7)cc(-c7ccc(F)cc7)c6)c6ccccc6F)ccc6ccc3c4c65)c2)cc1. The molecule has 0 N–H and O–H groups in total. The van der Waals surface area contributed by atoms with Crippen molar-refractivity contribution < 1.29 is 43.9 Å². The van der Waals surface area contributed by atoms with Gasteiger partial charge in [-0.15, -0.1) is 0 Å². The Morgan fingerprint density at radius 3 is 0.589 bits per heavy atom. The van der Waals surface area contributed by atoms with E-state index in [0.717, 1.165) is 188 Å². The second-order valence-corrected chi connectivity index (χ2v) is 37.3. The van der Waals surface area contributed by atoms with Crippen LogP contribution < -0.4 is 19.6 Å². The molecule has 0 saturated heterocycles. The van der Waals surface area contributed by atoms with Crippen LogP contribution in [0.25, 0.3) is 154 Å². The predicted molar refractivity (Wildman–Crippen MR) is 581 cm³/mol. The van der Waals surface area contributed by atoms with E-state index in [2.05, 4.69) is 173 Å². The Morgan fingerprint density at radius 1 is 0.137 bits per heavy atom. The van der Waals surface area contributed by atoms with Crippen LogP contribution in [0.2, 0.25) is 0 Å². The van der Waals surface area contributed by atoms with E-state index in [1.807, 2.05) is 141 Å². The average molecular weight is 1920 g/mol. The summed E-state index contributed by atoms with van der Waals surface area (Å²) in [6.07, 6.45) is 0. The highest BCUT2D eigenvalue weighted by molar-refractivity contribution is 6.30. The zero-order valence-electron chi connectivity index (χ0n) is 79.3. The molecule has 0 fully saturated rings. The summed E-state index contributed by atoms with van der Waals surface area (Å²) >= 11 is 0. The van der Waals surface area contributed by atoms with Crippen molar-refractivity contribution in [3.05, 3.63) is 529 Å². The van der Waals surface area contributed by atoms with Gasteiger partial charge in [0.15, 0.2) is 0 Å². The number of anilines is 12.